The molecule has 0 fully saturated rings. The van der Waals surface area contributed by atoms with Crippen LogP contribution in [-0.4, -0.2) is 22.9 Å². The van der Waals surface area contributed by atoms with Gasteiger partial charge in [0.1, 0.15) is 11.5 Å². The Morgan fingerprint density at radius 3 is 1.30 bits per heavy atom. The fraction of sp³-hybridized carbons (Fsp3) is 0.342. The first-order valence-electron chi connectivity index (χ1n) is 15.9. The molecule has 0 atom stereocenters. The molecular weight excluding hydrogens is 577 g/mol. The molecule has 4 nitrogen and oxygen atoms in total. The second-order valence-corrected chi connectivity index (χ2v) is 21.6. The Hall–Kier alpha value is -3.46. The first-order chi connectivity index (χ1) is 21.0. The standard InChI is InChI=1S/C38H48O4Si2/c1-28(2)43(29(3)4,40-36-23-19-33(20-24-36)27-32-15-11-9-12-16-32)42-44(30(5)6,31(7)8)41-37-25-21-35(22-26-37)38(39)34-17-13-10-14-18-34/h9-26,28-31H,27H2,1-8H3. The van der Waals surface area contributed by atoms with Crippen LogP contribution in [0.3, 0.4) is 0 Å². The molecular formula is C38H48O4Si2. The molecule has 0 aliphatic heterocycles. The molecule has 4 aromatic carbocycles. The Morgan fingerprint density at radius 2 is 0.864 bits per heavy atom. The highest BCUT2D eigenvalue weighted by Crippen LogP contribution is 2.44. The Bertz CT molecular complexity index is 1450. The van der Waals surface area contributed by atoms with Crippen LogP contribution >= 0.6 is 0 Å². The quantitative estimate of drug-likeness (QED) is 0.103. The summed E-state index contributed by atoms with van der Waals surface area (Å²) < 4.78 is 21.6. The van der Waals surface area contributed by atoms with Crippen LogP contribution in [0, 0.1) is 0 Å². The molecule has 0 radical (unpaired) electrons. The van der Waals surface area contributed by atoms with Gasteiger partial charge in [-0.2, -0.15) is 0 Å². The van der Waals surface area contributed by atoms with Gasteiger partial charge >= 0.3 is 17.1 Å². The number of benzene rings is 4. The third kappa shape index (κ3) is 7.60. The van der Waals surface area contributed by atoms with Crippen molar-refractivity contribution in [2.45, 2.75) is 84.0 Å². The summed E-state index contributed by atoms with van der Waals surface area (Å²) in [6, 6.07) is 35.9. The van der Waals surface area contributed by atoms with Crippen molar-refractivity contribution in [3.63, 3.8) is 0 Å². The van der Waals surface area contributed by atoms with Crippen LogP contribution in [0.4, 0.5) is 0 Å². The highest BCUT2D eigenvalue weighted by Gasteiger charge is 2.58. The van der Waals surface area contributed by atoms with Gasteiger partial charge in [0.15, 0.2) is 5.78 Å². The average molecular weight is 625 g/mol. The van der Waals surface area contributed by atoms with Crippen molar-refractivity contribution in [1.29, 1.82) is 0 Å². The van der Waals surface area contributed by atoms with Gasteiger partial charge < -0.3 is 13.0 Å². The first kappa shape index (κ1) is 33.4. The molecule has 6 heteroatoms. The third-order valence-corrected chi connectivity index (χ3v) is 18.5. The first-order valence-corrected chi connectivity index (χ1v) is 19.8. The summed E-state index contributed by atoms with van der Waals surface area (Å²) in [6.07, 6.45) is 0.884. The summed E-state index contributed by atoms with van der Waals surface area (Å²) in [5.74, 6) is 1.57. The van der Waals surface area contributed by atoms with Gasteiger partial charge in [-0.1, -0.05) is 128 Å². The Balaban J connectivity index is 1.62. The molecule has 0 spiro atoms. The van der Waals surface area contributed by atoms with Crippen LogP contribution in [-0.2, 0) is 10.5 Å². The summed E-state index contributed by atoms with van der Waals surface area (Å²) in [7, 11) is -5.81. The maximum absolute atomic E-state index is 13.0. The number of hydrogen-bond donors (Lipinski definition) is 0. The SMILES string of the molecule is CC(C)[Si](Oc1ccc(Cc2ccccc2)cc1)(O[Si](Oc1ccc(C(=O)c2ccccc2)cc1)(C(C)C)C(C)C)C(C)C. The second kappa shape index (κ2) is 14.5. The van der Waals surface area contributed by atoms with E-state index in [0.717, 1.165) is 17.9 Å². The zero-order valence-corrected chi connectivity index (χ0v) is 29.5. The smallest absolute Gasteiger partial charge is 0.396 e. The molecule has 0 amide bonds. The molecule has 4 rings (SSSR count). The lowest BCUT2D eigenvalue weighted by molar-refractivity contribution is 0.103. The van der Waals surface area contributed by atoms with Crippen molar-refractivity contribution in [1.82, 2.24) is 0 Å². The van der Waals surface area contributed by atoms with E-state index >= 15 is 0 Å². The molecule has 0 saturated carbocycles. The topological polar surface area (TPSA) is 44.8 Å². The summed E-state index contributed by atoms with van der Waals surface area (Å²) in [4.78, 5) is 13.0. The number of carbonyl (C=O) groups is 1. The Kier molecular flexibility index (Phi) is 11.1. The van der Waals surface area contributed by atoms with Crippen LogP contribution < -0.4 is 8.85 Å². The van der Waals surface area contributed by atoms with E-state index in [1.165, 1.54) is 11.1 Å². The van der Waals surface area contributed by atoms with Gasteiger partial charge in [-0.25, -0.2) is 0 Å². The van der Waals surface area contributed by atoms with Gasteiger partial charge in [-0.15, -0.1) is 0 Å². The Morgan fingerprint density at radius 1 is 0.500 bits per heavy atom. The van der Waals surface area contributed by atoms with Crippen LogP contribution in [0.15, 0.2) is 109 Å². The van der Waals surface area contributed by atoms with Crippen molar-refractivity contribution in [2.75, 3.05) is 0 Å². The lowest BCUT2D eigenvalue weighted by atomic mass is 10.0. The maximum Gasteiger partial charge on any atom is 0.396 e. The van der Waals surface area contributed by atoms with E-state index in [-0.39, 0.29) is 27.9 Å². The largest absolute Gasteiger partial charge is 0.520 e. The zero-order valence-electron chi connectivity index (χ0n) is 27.5. The van der Waals surface area contributed by atoms with E-state index in [4.69, 9.17) is 13.0 Å². The van der Waals surface area contributed by atoms with Crippen molar-refractivity contribution < 1.29 is 17.8 Å². The number of hydrogen-bond acceptors (Lipinski definition) is 4. The summed E-state index contributed by atoms with van der Waals surface area (Å²) in [6.45, 7) is 17.7. The maximum atomic E-state index is 13.0. The fourth-order valence-electron chi connectivity index (χ4n) is 5.87. The minimum atomic E-state index is -2.92. The van der Waals surface area contributed by atoms with Gasteiger partial charge in [0, 0.05) is 33.3 Å². The monoisotopic (exact) mass is 624 g/mol. The van der Waals surface area contributed by atoms with Gasteiger partial charge in [-0.3, -0.25) is 4.79 Å². The van der Waals surface area contributed by atoms with Crippen molar-refractivity contribution in [2.24, 2.45) is 0 Å². The van der Waals surface area contributed by atoms with Gasteiger partial charge in [0.05, 0.1) is 0 Å². The summed E-state index contributed by atoms with van der Waals surface area (Å²) in [5.41, 5.74) is 4.54. The molecule has 0 aliphatic carbocycles. The summed E-state index contributed by atoms with van der Waals surface area (Å²) >= 11 is 0. The molecule has 0 bridgehead atoms. The predicted octanol–water partition coefficient (Wildman–Crippen LogP) is 10.5. The second-order valence-electron chi connectivity index (χ2n) is 12.9. The number of carbonyl (C=O) groups excluding carboxylic acids is 1. The van der Waals surface area contributed by atoms with E-state index in [1.807, 2.05) is 60.7 Å². The minimum absolute atomic E-state index is 0.00106. The molecule has 4 aromatic rings. The van der Waals surface area contributed by atoms with Crippen LogP contribution in [0.25, 0.3) is 0 Å². The molecule has 0 aromatic heterocycles. The molecule has 0 unspecified atom stereocenters. The molecule has 44 heavy (non-hydrogen) atoms. The van der Waals surface area contributed by atoms with Crippen molar-refractivity contribution in [3.8, 4) is 11.5 Å². The van der Waals surface area contributed by atoms with Gasteiger partial charge in [0.2, 0.25) is 0 Å². The summed E-state index contributed by atoms with van der Waals surface area (Å²) in [5, 5.41) is 0. The van der Waals surface area contributed by atoms with E-state index in [2.05, 4.69) is 104 Å². The van der Waals surface area contributed by atoms with Gasteiger partial charge in [-0.05, 0) is 53.9 Å². The molecule has 0 saturated heterocycles. The minimum Gasteiger partial charge on any atom is -0.520 e. The van der Waals surface area contributed by atoms with E-state index in [1.54, 1.807) is 0 Å². The van der Waals surface area contributed by atoms with Gasteiger partial charge in [0.25, 0.3) is 0 Å². The van der Waals surface area contributed by atoms with Crippen LogP contribution in [0.1, 0.15) is 82.4 Å². The predicted molar refractivity (Wildman–Crippen MR) is 186 cm³/mol. The van der Waals surface area contributed by atoms with Crippen molar-refractivity contribution in [3.05, 3.63) is 131 Å². The van der Waals surface area contributed by atoms with Crippen molar-refractivity contribution >= 4 is 22.9 Å². The van der Waals surface area contributed by atoms with E-state index < -0.39 is 17.1 Å². The normalized spacial score (nSPS) is 12.3. The van der Waals surface area contributed by atoms with Crippen LogP contribution in [0.2, 0.25) is 22.2 Å². The lowest BCUT2D eigenvalue weighted by Crippen LogP contribution is -2.64. The van der Waals surface area contributed by atoms with E-state index in [9.17, 15) is 4.79 Å². The molecule has 0 aliphatic rings. The van der Waals surface area contributed by atoms with E-state index in [0.29, 0.717) is 11.1 Å². The molecule has 232 valence electrons. The lowest BCUT2D eigenvalue weighted by Gasteiger charge is -2.47. The third-order valence-electron chi connectivity index (χ3n) is 8.42. The fourth-order valence-corrected chi connectivity index (χ4v) is 16.6. The highest BCUT2D eigenvalue weighted by atomic mass is 28.5. The average Bonchev–Trinajstić information content (AvgIpc) is 3.01. The highest BCUT2D eigenvalue weighted by molar-refractivity contribution is 6.84. The molecule has 0 heterocycles. The number of ketones is 1. The van der Waals surface area contributed by atoms with Crippen LogP contribution in [0.5, 0.6) is 11.5 Å². The number of rotatable bonds is 14. The molecule has 0 N–H and O–H groups in total. The Labute approximate surface area is 266 Å². The zero-order chi connectivity index (χ0) is 31.9.